The van der Waals surface area contributed by atoms with Gasteiger partial charge in [-0.15, -0.1) is 0 Å². The summed E-state index contributed by atoms with van der Waals surface area (Å²) in [4.78, 5) is 10.4. The normalized spacial score (nSPS) is 10.5. The second-order valence-corrected chi connectivity index (χ2v) is 4.79. The predicted octanol–water partition coefficient (Wildman–Crippen LogP) is 3.87. The number of aliphatic carboxylic acids is 1. The van der Waals surface area contributed by atoms with Crippen LogP contribution in [0.3, 0.4) is 0 Å². The van der Waals surface area contributed by atoms with Gasteiger partial charge in [0.1, 0.15) is 12.4 Å². The maximum atomic E-state index is 10.4. The smallest absolute Gasteiger partial charge is 0.328 e. The van der Waals surface area contributed by atoms with Crippen molar-refractivity contribution in [1.29, 1.82) is 0 Å². The quantitative estimate of drug-likeness (QED) is 0.639. The topological polar surface area (TPSA) is 46.5 Å². The highest BCUT2D eigenvalue weighted by molar-refractivity contribution is 9.11. The largest absolute Gasteiger partial charge is 0.487 e. The first-order valence-electron chi connectivity index (χ1n) is 4.68. The monoisotopic (exact) mass is 360 g/mol. The van der Waals surface area contributed by atoms with Crippen LogP contribution in [0.4, 0.5) is 0 Å². The van der Waals surface area contributed by atoms with Crippen LogP contribution in [0.1, 0.15) is 5.56 Å². The van der Waals surface area contributed by atoms with Crippen LogP contribution in [0.25, 0.3) is 6.08 Å². The third-order valence-electron chi connectivity index (χ3n) is 1.78. The Balaban J connectivity index is 3.00. The molecule has 0 radical (unpaired) electrons. The number of ether oxygens (including phenoxy) is 1. The average molecular weight is 362 g/mol. The Morgan fingerprint density at radius 1 is 1.41 bits per heavy atom. The van der Waals surface area contributed by atoms with E-state index in [0.717, 1.165) is 20.6 Å². The van der Waals surface area contributed by atoms with Crippen LogP contribution in [-0.4, -0.2) is 17.7 Å². The minimum absolute atomic E-state index is 0.404. The molecule has 3 nitrogen and oxygen atoms in total. The lowest BCUT2D eigenvalue weighted by molar-refractivity contribution is -0.131. The van der Waals surface area contributed by atoms with Gasteiger partial charge in [0.15, 0.2) is 0 Å². The lowest BCUT2D eigenvalue weighted by Gasteiger charge is -2.09. The zero-order valence-corrected chi connectivity index (χ0v) is 12.0. The highest BCUT2D eigenvalue weighted by Gasteiger charge is 2.07. The summed E-state index contributed by atoms with van der Waals surface area (Å²) >= 11 is 6.73. The van der Waals surface area contributed by atoms with Gasteiger partial charge in [0.2, 0.25) is 0 Å². The standard InChI is InChI=1S/C12H10Br2O3/c1-2-5-17-12-9(13)6-8(7-10(12)14)3-4-11(15)16/h2-4,6-7H,1,5H2,(H,15,16)/b4-3+. The molecule has 0 aliphatic rings. The summed E-state index contributed by atoms with van der Waals surface area (Å²) in [6.45, 7) is 3.97. The molecule has 0 fully saturated rings. The zero-order chi connectivity index (χ0) is 12.8. The first-order chi connectivity index (χ1) is 8.04. The highest BCUT2D eigenvalue weighted by atomic mass is 79.9. The van der Waals surface area contributed by atoms with Crippen LogP contribution >= 0.6 is 31.9 Å². The minimum Gasteiger partial charge on any atom is -0.487 e. The summed E-state index contributed by atoms with van der Waals surface area (Å²) in [5.41, 5.74) is 0.761. The van der Waals surface area contributed by atoms with Gasteiger partial charge >= 0.3 is 5.97 Å². The molecule has 0 atom stereocenters. The molecule has 1 rings (SSSR count). The van der Waals surface area contributed by atoms with Crippen LogP contribution < -0.4 is 4.74 Å². The molecule has 1 N–H and O–H groups in total. The fourth-order valence-corrected chi connectivity index (χ4v) is 2.57. The van der Waals surface area contributed by atoms with Crippen molar-refractivity contribution in [3.8, 4) is 5.75 Å². The van der Waals surface area contributed by atoms with E-state index in [4.69, 9.17) is 9.84 Å². The average Bonchev–Trinajstić information content (AvgIpc) is 2.25. The van der Waals surface area contributed by atoms with Crippen molar-refractivity contribution < 1.29 is 14.6 Å². The minimum atomic E-state index is -0.982. The van der Waals surface area contributed by atoms with Gasteiger partial charge in [-0.1, -0.05) is 12.7 Å². The molecule has 17 heavy (non-hydrogen) atoms. The van der Waals surface area contributed by atoms with E-state index in [1.807, 2.05) is 0 Å². The van der Waals surface area contributed by atoms with Crippen LogP contribution in [0.2, 0.25) is 0 Å². The molecule has 0 heterocycles. The summed E-state index contributed by atoms with van der Waals surface area (Å²) in [6, 6.07) is 3.56. The maximum Gasteiger partial charge on any atom is 0.328 e. The third kappa shape index (κ3) is 4.36. The number of rotatable bonds is 5. The van der Waals surface area contributed by atoms with E-state index in [9.17, 15) is 4.79 Å². The Kier molecular flexibility index (Phi) is 5.44. The van der Waals surface area contributed by atoms with E-state index in [-0.39, 0.29) is 0 Å². The Morgan fingerprint density at radius 2 is 2.00 bits per heavy atom. The number of carbonyl (C=O) groups is 1. The molecule has 0 aliphatic heterocycles. The molecule has 1 aromatic carbocycles. The third-order valence-corrected chi connectivity index (χ3v) is 2.96. The summed E-state index contributed by atoms with van der Waals surface area (Å²) < 4.78 is 6.94. The molecule has 0 spiro atoms. The molecule has 0 unspecified atom stereocenters. The fourth-order valence-electron chi connectivity index (χ4n) is 1.12. The number of hydrogen-bond acceptors (Lipinski definition) is 2. The molecule has 0 aromatic heterocycles. The molecule has 0 bridgehead atoms. The molecular formula is C12H10Br2O3. The summed E-state index contributed by atoms with van der Waals surface area (Å²) in [7, 11) is 0. The van der Waals surface area contributed by atoms with Gasteiger partial charge in [0.05, 0.1) is 8.95 Å². The van der Waals surface area contributed by atoms with Gasteiger partial charge in [-0.3, -0.25) is 0 Å². The first-order valence-corrected chi connectivity index (χ1v) is 6.27. The number of benzene rings is 1. The van der Waals surface area contributed by atoms with Crippen molar-refractivity contribution in [1.82, 2.24) is 0 Å². The Hall–Kier alpha value is -1.07. The Morgan fingerprint density at radius 3 is 2.47 bits per heavy atom. The van der Waals surface area contributed by atoms with Crippen LogP contribution in [0.15, 0.2) is 39.8 Å². The Labute approximate surface area is 116 Å². The summed E-state index contributed by atoms with van der Waals surface area (Å²) in [5.74, 6) is -0.318. The van der Waals surface area contributed by atoms with Crippen molar-refractivity contribution in [3.05, 3.63) is 45.4 Å². The van der Waals surface area contributed by atoms with E-state index in [0.29, 0.717) is 12.4 Å². The van der Waals surface area contributed by atoms with Crippen molar-refractivity contribution in [3.63, 3.8) is 0 Å². The van der Waals surface area contributed by atoms with Gasteiger partial charge in [0.25, 0.3) is 0 Å². The molecule has 90 valence electrons. The van der Waals surface area contributed by atoms with Gasteiger partial charge in [-0.25, -0.2) is 4.79 Å². The molecule has 0 amide bonds. The van der Waals surface area contributed by atoms with E-state index < -0.39 is 5.97 Å². The van der Waals surface area contributed by atoms with Gasteiger partial charge < -0.3 is 9.84 Å². The molecule has 0 saturated heterocycles. The van der Waals surface area contributed by atoms with Crippen molar-refractivity contribution >= 4 is 43.9 Å². The Bertz CT molecular complexity index is 444. The van der Waals surface area contributed by atoms with Crippen LogP contribution in [0.5, 0.6) is 5.75 Å². The van der Waals surface area contributed by atoms with Gasteiger partial charge in [-0.2, -0.15) is 0 Å². The van der Waals surface area contributed by atoms with Crippen LogP contribution in [0, 0.1) is 0 Å². The van der Waals surface area contributed by atoms with Crippen molar-refractivity contribution in [2.45, 2.75) is 0 Å². The second-order valence-electron chi connectivity index (χ2n) is 3.08. The zero-order valence-electron chi connectivity index (χ0n) is 8.82. The van der Waals surface area contributed by atoms with E-state index >= 15 is 0 Å². The second kappa shape index (κ2) is 6.61. The predicted molar refractivity (Wildman–Crippen MR) is 74.2 cm³/mol. The van der Waals surface area contributed by atoms with Crippen molar-refractivity contribution in [2.24, 2.45) is 0 Å². The first kappa shape index (κ1) is 14.0. The summed E-state index contributed by atoms with van der Waals surface area (Å²) in [5, 5.41) is 8.54. The summed E-state index contributed by atoms with van der Waals surface area (Å²) in [6.07, 6.45) is 4.24. The number of carboxylic acid groups (broad SMARTS) is 1. The number of halogens is 2. The lowest BCUT2D eigenvalue weighted by atomic mass is 10.2. The molecule has 5 heteroatoms. The maximum absolute atomic E-state index is 10.4. The highest BCUT2D eigenvalue weighted by Crippen LogP contribution is 2.35. The fraction of sp³-hybridized carbons (Fsp3) is 0.0833. The van der Waals surface area contributed by atoms with Gasteiger partial charge in [-0.05, 0) is 55.6 Å². The van der Waals surface area contributed by atoms with Gasteiger partial charge in [0, 0.05) is 6.08 Å². The van der Waals surface area contributed by atoms with E-state index in [1.165, 1.54) is 6.08 Å². The molecular weight excluding hydrogens is 352 g/mol. The molecule has 0 aliphatic carbocycles. The van der Waals surface area contributed by atoms with E-state index in [2.05, 4.69) is 38.4 Å². The SMILES string of the molecule is C=CCOc1c(Br)cc(/C=C/C(=O)O)cc1Br. The number of carboxylic acids is 1. The molecule has 1 aromatic rings. The van der Waals surface area contributed by atoms with E-state index in [1.54, 1.807) is 18.2 Å². The van der Waals surface area contributed by atoms with Crippen molar-refractivity contribution in [2.75, 3.05) is 6.61 Å². The molecule has 0 saturated carbocycles. The lowest BCUT2D eigenvalue weighted by Crippen LogP contribution is -1.95. The van der Waals surface area contributed by atoms with Crippen LogP contribution in [-0.2, 0) is 4.79 Å². The number of hydrogen-bond donors (Lipinski definition) is 1.